The number of ether oxygens (including phenoxy) is 1. The number of aromatic carboxylic acids is 1. The summed E-state index contributed by atoms with van der Waals surface area (Å²) in [5.74, 6) is -1.52. The zero-order valence-electron chi connectivity index (χ0n) is 13.5. The van der Waals surface area contributed by atoms with Gasteiger partial charge in [-0.25, -0.2) is 4.79 Å². The smallest absolute Gasteiger partial charge is 0.371 e. The summed E-state index contributed by atoms with van der Waals surface area (Å²) >= 11 is 0. The van der Waals surface area contributed by atoms with Crippen molar-refractivity contribution in [2.75, 3.05) is 5.32 Å². The minimum absolute atomic E-state index is 0.0805. The molecule has 1 aromatic heterocycles. The van der Waals surface area contributed by atoms with Crippen molar-refractivity contribution in [2.24, 2.45) is 0 Å². The Morgan fingerprint density at radius 3 is 2.36 bits per heavy atom. The lowest BCUT2D eigenvalue weighted by Gasteiger charge is -2.28. The monoisotopic (exact) mass is 345 g/mol. The maximum Gasteiger partial charge on any atom is 0.371 e. The molecule has 1 heterocycles. The number of carbonyl (C=O) groups excluding carboxylic acids is 1. The number of carboxylic acid groups (broad SMARTS) is 1. The molecular weight excluding hydrogens is 326 g/mol. The fourth-order valence-electron chi connectivity index (χ4n) is 2.77. The van der Waals surface area contributed by atoms with Crippen LogP contribution in [0.5, 0.6) is 5.75 Å². The van der Waals surface area contributed by atoms with Gasteiger partial charge >= 0.3 is 5.97 Å². The quantitative estimate of drug-likeness (QED) is 0.769. The van der Waals surface area contributed by atoms with Gasteiger partial charge in [-0.2, -0.15) is 0 Å². The predicted molar refractivity (Wildman–Crippen MR) is 89.0 cm³/mol. The van der Waals surface area contributed by atoms with Crippen molar-refractivity contribution in [3.8, 4) is 5.75 Å². The maximum absolute atomic E-state index is 12.0. The van der Waals surface area contributed by atoms with Gasteiger partial charge < -0.3 is 24.7 Å². The molecule has 1 fully saturated rings. The molecule has 0 radical (unpaired) electrons. The zero-order chi connectivity index (χ0) is 17.8. The van der Waals surface area contributed by atoms with Gasteiger partial charge in [0.25, 0.3) is 5.91 Å². The van der Waals surface area contributed by atoms with E-state index in [0.29, 0.717) is 11.4 Å². The second-order valence-corrected chi connectivity index (χ2v) is 5.96. The first-order chi connectivity index (χ1) is 12.0. The minimum Gasteiger partial charge on any atom is -0.488 e. The van der Waals surface area contributed by atoms with Crippen LogP contribution in [0, 0.1) is 0 Å². The van der Waals surface area contributed by atoms with E-state index >= 15 is 0 Å². The highest BCUT2D eigenvalue weighted by Crippen LogP contribution is 2.25. The summed E-state index contributed by atoms with van der Waals surface area (Å²) in [5.41, 5.74) is 0.523. The lowest BCUT2D eigenvalue weighted by Crippen LogP contribution is -2.34. The third-order valence-corrected chi connectivity index (χ3v) is 4.11. The molecule has 3 N–H and O–H groups in total. The van der Waals surface area contributed by atoms with Crippen LogP contribution in [0.3, 0.4) is 0 Å². The summed E-state index contributed by atoms with van der Waals surface area (Å²) in [6.45, 7) is 0. The summed E-state index contributed by atoms with van der Waals surface area (Å²) < 4.78 is 10.7. The average Bonchev–Trinajstić information content (AvgIpc) is 3.09. The highest BCUT2D eigenvalue weighted by molar-refractivity contribution is 6.02. The van der Waals surface area contributed by atoms with Crippen molar-refractivity contribution in [1.29, 1.82) is 0 Å². The largest absolute Gasteiger partial charge is 0.488 e. The second kappa shape index (κ2) is 7.40. The summed E-state index contributed by atoms with van der Waals surface area (Å²) in [4.78, 5) is 22.8. The van der Waals surface area contributed by atoms with Crippen molar-refractivity contribution < 1.29 is 29.0 Å². The standard InChI is InChI=1S/C18H19NO6/c20-13-3-1-2-4-14(13)24-12-7-5-11(6-8-12)19-17(21)15-9-10-16(25-15)18(22)23/h5-10,13-14,20H,1-4H2,(H,19,21)(H,22,23). The number of rotatable bonds is 5. The summed E-state index contributed by atoms with van der Waals surface area (Å²) in [6.07, 6.45) is 2.98. The number of benzene rings is 1. The van der Waals surface area contributed by atoms with E-state index in [0.717, 1.165) is 25.7 Å². The molecule has 1 aliphatic rings. The number of furan rings is 1. The number of aliphatic hydroxyl groups is 1. The Morgan fingerprint density at radius 1 is 1.04 bits per heavy atom. The van der Waals surface area contributed by atoms with E-state index < -0.39 is 18.0 Å². The van der Waals surface area contributed by atoms with Crippen molar-refractivity contribution in [3.05, 3.63) is 47.9 Å². The van der Waals surface area contributed by atoms with Gasteiger partial charge in [-0.3, -0.25) is 4.79 Å². The van der Waals surface area contributed by atoms with E-state index in [1.807, 2.05) is 0 Å². The van der Waals surface area contributed by atoms with E-state index in [2.05, 4.69) is 5.32 Å². The normalized spacial score (nSPS) is 20.0. The van der Waals surface area contributed by atoms with E-state index in [1.54, 1.807) is 24.3 Å². The van der Waals surface area contributed by atoms with Crippen LogP contribution in [0.1, 0.15) is 46.8 Å². The maximum atomic E-state index is 12.0. The molecule has 25 heavy (non-hydrogen) atoms. The van der Waals surface area contributed by atoms with Crippen LogP contribution in [0.15, 0.2) is 40.8 Å². The Kier molecular flexibility index (Phi) is 5.04. The zero-order valence-corrected chi connectivity index (χ0v) is 13.5. The fourth-order valence-corrected chi connectivity index (χ4v) is 2.77. The first-order valence-electron chi connectivity index (χ1n) is 8.12. The van der Waals surface area contributed by atoms with Gasteiger partial charge in [-0.15, -0.1) is 0 Å². The van der Waals surface area contributed by atoms with Gasteiger partial charge in [0.05, 0.1) is 6.10 Å². The predicted octanol–water partition coefficient (Wildman–Crippen LogP) is 2.91. The van der Waals surface area contributed by atoms with Gasteiger partial charge in [0.2, 0.25) is 5.76 Å². The first-order valence-corrected chi connectivity index (χ1v) is 8.12. The SMILES string of the molecule is O=C(O)c1ccc(C(=O)Nc2ccc(OC3CCCCC3O)cc2)o1. The third-order valence-electron chi connectivity index (χ3n) is 4.11. The van der Waals surface area contributed by atoms with Gasteiger partial charge in [0, 0.05) is 5.69 Å². The number of carboxylic acids is 1. The number of aliphatic hydroxyl groups excluding tert-OH is 1. The molecule has 7 nitrogen and oxygen atoms in total. The molecule has 2 aromatic rings. The third kappa shape index (κ3) is 4.19. The number of nitrogens with one attached hydrogen (secondary N) is 1. The average molecular weight is 345 g/mol. The van der Waals surface area contributed by atoms with Crippen molar-refractivity contribution in [3.63, 3.8) is 0 Å². The highest BCUT2D eigenvalue weighted by Gasteiger charge is 2.24. The van der Waals surface area contributed by atoms with Crippen molar-refractivity contribution in [1.82, 2.24) is 0 Å². The van der Waals surface area contributed by atoms with Crippen LogP contribution in [0.2, 0.25) is 0 Å². The van der Waals surface area contributed by atoms with Crippen LogP contribution in [-0.2, 0) is 0 Å². The number of carbonyl (C=O) groups is 2. The number of hydrogen-bond acceptors (Lipinski definition) is 5. The highest BCUT2D eigenvalue weighted by atomic mass is 16.5. The van der Waals surface area contributed by atoms with Gasteiger partial charge in [0.1, 0.15) is 11.9 Å². The van der Waals surface area contributed by atoms with E-state index in [-0.39, 0.29) is 17.6 Å². The number of anilines is 1. The van der Waals surface area contributed by atoms with E-state index in [4.69, 9.17) is 14.3 Å². The summed E-state index contributed by atoms with van der Waals surface area (Å²) in [6, 6.07) is 9.29. The van der Waals surface area contributed by atoms with Gasteiger partial charge in [-0.1, -0.05) is 6.42 Å². The van der Waals surface area contributed by atoms with Crippen LogP contribution in [0.25, 0.3) is 0 Å². The molecule has 1 amide bonds. The minimum atomic E-state index is -1.23. The van der Waals surface area contributed by atoms with Crippen LogP contribution >= 0.6 is 0 Å². The van der Waals surface area contributed by atoms with Crippen LogP contribution in [0.4, 0.5) is 5.69 Å². The van der Waals surface area contributed by atoms with E-state index in [1.165, 1.54) is 12.1 Å². The molecule has 7 heteroatoms. The molecule has 1 saturated carbocycles. The second-order valence-electron chi connectivity index (χ2n) is 5.96. The molecule has 2 unspecified atom stereocenters. The van der Waals surface area contributed by atoms with Crippen LogP contribution in [-0.4, -0.2) is 34.3 Å². The Bertz CT molecular complexity index is 751. The van der Waals surface area contributed by atoms with Gasteiger partial charge in [0.15, 0.2) is 5.76 Å². The van der Waals surface area contributed by atoms with Crippen molar-refractivity contribution in [2.45, 2.75) is 37.9 Å². The molecule has 3 rings (SSSR count). The molecule has 0 spiro atoms. The van der Waals surface area contributed by atoms with Crippen LogP contribution < -0.4 is 10.1 Å². The van der Waals surface area contributed by atoms with Gasteiger partial charge in [-0.05, 0) is 55.7 Å². The Labute approximate surface area is 144 Å². The number of hydrogen-bond donors (Lipinski definition) is 3. The lowest BCUT2D eigenvalue weighted by atomic mass is 9.95. The van der Waals surface area contributed by atoms with Crippen molar-refractivity contribution >= 4 is 17.6 Å². The molecule has 132 valence electrons. The molecule has 0 aliphatic heterocycles. The topological polar surface area (TPSA) is 109 Å². The number of amides is 1. The lowest BCUT2D eigenvalue weighted by molar-refractivity contribution is 0.00688. The molecule has 0 bridgehead atoms. The Morgan fingerprint density at radius 2 is 1.72 bits per heavy atom. The molecule has 2 atom stereocenters. The molecular formula is C18H19NO6. The first kappa shape index (κ1) is 17.0. The molecule has 1 aromatic carbocycles. The summed E-state index contributed by atoms with van der Waals surface area (Å²) in [5, 5.41) is 21.4. The van der Waals surface area contributed by atoms with E-state index in [9.17, 15) is 14.7 Å². The molecule has 0 saturated heterocycles. The molecule has 1 aliphatic carbocycles. The summed E-state index contributed by atoms with van der Waals surface area (Å²) in [7, 11) is 0. The Hall–Kier alpha value is -2.80. The Balaban J connectivity index is 1.60. The fraction of sp³-hybridized carbons (Fsp3) is 0.333.